The first kappa shape index (κ1) is 32.5. The topological polar surface area (TPSA) is 130 Å². The summed E-state index contributed by atoms with van der Waals surface area (Å²) in [6.07, 6.45) is 1.48. The SMILES string of the molecule is N[C@@H](CSC1CC(=O)N(CCC[P+](c2ccccc2)(c2ccccc2)c2ccccc2)C1=O)C(=O)NCC(=O)O.[Br-]. The lowest BCUT2D eigenvalue weighted by Gasteiger charge is -2.28. The summed E-state index contributed by atoms with van der Waals surface area (Å²) < 4.78 is 0. The van der Waals surface area contributed by atoms with Crippen molar-refractivity contribution in [2.75, 3.05) is 25.0 Å². The van der Waals surface area contributed by atoms with Crippen LogP contribution in [-0.4, -0.2) is 70.0 Å². The molecular weight excluding hydrogens is 625 g/mol. The van der Waals surface area contributed by atoms with Crippen molar-refractivity contribution >= 4 is 58.6 Å². The van der Waals surface area contributed by atoms with E-state index in [4.69, 9.17) is 10.8 Å². The first-order valence-electron chi connectivity index (χ1n) is 13.1. The van der Waals surface area contributed by atoms with E-state index in [9.17, 15) is 19.2 Å². The molecule has 1 aliphatic rings. The number of thioether (sulfide) groups is 1. The van der Waals surface area contributed by atoms with Gasteiger partial charge in [-0.05, 0) is 36.4 Å². The van der Waals surface area contributed by atoms with E-state index in [1.807, 2.05) is 18.2 Å². The zero-order valence-corrected chi connectivity index (χ0v) is 25.7. The van der Waals surface area contributed by atoms with Crippen molar-refractivity contribution in [3.05, 3.63) is 91.0 Å². The maximum Gasteiger partial charge on any atom is 0.322 e. The summed E-state index contributed by atoms with van der Waals surface area (Å²) in [7, 11) is -2.07. The standard InChI is InChI=1S/C30H32N3O5PS.BrH/c31-25(29(37)32-20-28(35)36)21-40-26-19-27(34)33(30(26)38)17-10-18-39(22-11-4-1-5-12-22,23-13-6-2-7-14-23)24-15-8-3-9-16-24;/h1-9,11-16,25-26H,10,17-21,31H2,(H-,32,35,36,37);1H/t25-,26?;/m0./s1. The molecule has 11 heteroatoms. The van der Waals surface area contributed by atoms with E-state index in [1.54, 1.807) is 0 Å². The number of likely N-dealkylation sites (tertiary alicyclic amines) is 1. The number of amides is 3. The zero-order valence-electron chi connectivity index (χ0n) is 22.4. The molecule has 0 saturated carbocycles. The van der Waals surface area contributed by atoms with Crippen LogP contribution in [0.15, 0.2) is 91.0 Å². The van der Waals surface area contributed by atoms with E-state index in [0.29, 0.717) is 13.0 Å². The summed E-state index contributed by atoms with van der Waals surface area (Å²) in [6.45, 7) is -0.209. The Morgan fingerprint density at radius 2 is 1.41 bits per heavy atom. The number of carboxylic acids is 1. The minimum absolute atomic E-state index is 0. The van der Waals surface area contributed by atoms with Crippen LogP contribution in [0.5, 0.6) is 0 Å². The highest BCUT2D eigenvalue weighted by molar-refractivity contribution is 8.00. The number of nitrogens with one attached hydrogen (secondary N) is 1. The van der Waals surface area contributed by atoms with Gasteiger partial charge in [0.05, 0.1) is 17.5 Å². The number of nitrogens with zero attached hydrogens (tertiary/aromatic N) is 1. The Bertz CT molecular complexity index is 1240. The van der Waals surface area contributed by atoms with Crippen LogP contribution in [0, 0.1) is 0 Å². The number of carboxylic acid groups (broad SMARTS) is 1. The van der Waals surface area contributed by atoms with E-state index in [-0.39, 0.29) is 41.0 Å². The third kappa shape index (κ3) is 7.83. The molecule has 0 aromatic heterocycles. The van der Waals surface area contributed by atoms with Gasteiger partial charge < -0.3 is 33.1 Å². The van der Waals surface area contributed by atoms with Gasteiger partial charge in [0.2, 0.25) is 17.7 Å². The fourth-order valence-corrected chi connectivity index (χ4v) is 10.4. The van der Waals surface area contributed by atoms with Gasteiger partial charge in [0.15, 0.2) is 0 Å². The molecule has 1 fully saturated rings. The number of nitrogens with two attached hydrogens (primary N) is 1. The smallest absolute Gasteiger partial charge is 0.322 e. The Kier molecular flexibility index (Phi) is 12.1. The molecule has 216 valence electrons. The Hall–Kier alpha value is -3.04. The van der Waals surface area contributed by atoms with Gasteiger partial charge in [-0.3, -0.25) is 24.1 Å². The van der Waals surface area contributed by atoms with Crippen molar-refractivity contribution in [3.63, 3.8) is 0 Å². The molecule has 1 aliphatic heterocycles. The average molecular weight is 659 g/mol. The van der Waals surface area contributed by atoms with Crippen molar-refractivity contribution in [1.82, 2.24) is 10.2 Å². The molecule has 2 atom stereocenters. The minimum Gasteiger partial charge on any atom is -1.00 e. The van der Waals surface area contributed by atoms with E-state index in [1.165, 1.54) is 20.8 Å². The van der Waals surface area contributed by atoms with Gasteiger partial charge in [-0.1, -0.05) is 54.6 Å². The van der Waals surface area contributed by atoms with E-state index < -0.39 is 37.0 Å². The number of aliphatic carboxylic acids is 1. The van der Waals surface area contributed by atoms with Gasteiger partial charge in [-0.2, -0.15) is 0 Å². The lowest BCUT2D eigenvalue weighted by atomic mass is 10.3. The minimum atomic E-state index is -2.07. The van der Waals surface area contributed by atoms with Gasteiger partial charge in [0.1, 0.15) is 29.7 Å². The summed E-state index contributed by atoms with van der Waals surface area (Å²) in [5, 5.41) is 14.1. The third-order valence-corrected chi connectivity index (χ3v) is 12.7. The summed E-state index contributed by atoms with van der Waals surface area (Å²) in [5.74, 6) is -2.16. The summed E-state index contributed by atoms with van der Waals surface area (Å²) in [4.78, 5) is 50.0. The van der Waals surface area contributed by atoms with Gasteiger partial charge in [-0.15, -0.1) is 11.8 Å². The first-order valence-corrected chi connectivity index (χ1v) is 16.1. The fourth-order valence-electron chi connectivity index (χ4n) is 4.96. The van der Waals surface area contributed by atoms with Crippen LogP contribution in [0.1, 0.15) is 12.8 Å². The van der Waals surface area contributed by atoms with Crippen LogP contribution < -0.4 is 43.9 Å². The molecule has 3 amide bonds. The number of hydrogen-bond acceptors (Lipinski definition) is 6. The Morgan fingerprint density at radius 3 is 1.88 bits per heavy atom. The molecule has 41 heavy (non-hydrogen) atoms. The highest BCUT2D eigenvalue weighted by atomic mass is 79.9. The normalized spacial score (nSPS) is 15.7. The number of rotatable bonds is 13. The van der Waals surface area contributed by atoms with Gasteiger partial charge in [0.25, 0.3) is 0 Å². The van der Waals surface area contributed by atoms with Crippen LogP contribution in [0.4, 0.5) is 0 Å². The van der Waals surface area contributed by atoms with Crippen LogP contribution in [-0.2, 0) is 19.2 Å². The van der Waals surface area contributed by atoms with Crippen LogP contribution >= 0.6 is 19.0 Å². The predicted octanol–water partition coefficient (Wildman–Crippen LogP) is -1.24. The molecule has 0 spiro atoms. The molecule has 0 radical (unpaired) electrons. The molecule has 1 saturated heterocycles. The Labute approximate surface area is 255 Å². The Morgan fingerprint density at radius 1 is 0.927 bits per heavy atom. The highest BCUT2D eigenvalue weighted by Crippen LogP contribution is 2.55. The average Bonchev–Trinajstić information content (AvgIpc) is 3.25. The summed E-state index contributed by atoms with van der Waals surface area (Å²) in [5.41, 5.74) is 5.86. The maximum absolute atomic E-state index is 13.2. The van der Waals surface area contributed by atoms with E-state index in [2.05, 4.69) is 78.1 Å². The number of carbonyl (C=O) groups excluding carboxylic acids is 3. The molecule has 4 rings (SSSR count). The van der Waals surface area contributed by atoms with Crippen molar-refractivity contribution in [2.24, 2.45) is 5.73 Å². The maximum atomic E-state index is 13.2. The van der Waals surface area contributed by atoms with Gasteiger partial charge in [-0.25, -0.2) is 0 Å². The van der Waals surface area contributed by atoms with Gasteiger partial charge >= 0.3 is 5.97 Å². The molecule has 3 aromatic carbocycles. The van der Waals surface area contributed by atoms with Crippen LogP contribution in [0.25, 0.3) is 0 Å². The lowest BCUT2D eigenvalue weighted by Crippen LogP contribution is -3.00. The number of carbonyl (C=O) groups is 4. The second-order valence-electron chi connectivity index (χ2n) is 9.52. The fraction of sp³-hybridized carbons (Fsp3) is 0.267. The number of imide groups is 1. The number of benzene rings is 3. The van der Waals surface area contributed by atoms with Crippen molar-refractivity contribution in [1.29, 1.82) is 0 Å². The summed E-state index contributed by atoms with van der Waals surface area (Å²) >= 11 is 1.16. The largest absolute Gasteiger partial charge is 1.00 e. The zero-order chi connectivity index (χ0) is 28.5. The quantitative estimate of drug-likeness (QED) is 0.155. The van der Waals surface area contributed by atoms with Crippen molar-refractivity contribution in [3.8, 4) is 0 Å². The number of halogens is 1. The molecule has 1 unspecified atom stereocenters. The van der Waals surface area contributed by atoms with E-state index in [0.717, 1.165) is 17.9 Å². The molecule has 3 aromatic rings. The Balaban J connectivity index is 0.00000462. The van der Waals surface area contributed by atoms with Crippen molar-refractivity contribution in [2.45, 2.75) is 24.1 Å². The second kappa shape index (κ2) is 15.3. The molecule has 1 heterocycles. The van der Waals surface area contributed by atoms with Crippen LogP contribution in [0.2, 0.25) is 0 Å². The predicted molar refractivity (Wildman–Crippen MR) is 161 cm³/mol. The number of hydrogen-bond donors (Lipinski definition) is 3. The summed E-state index contributed by atoms with van der Waals surface area (Å²) in [6, 6.07) is 30.4. The second-order valence-corrected chi connectivity index (χ2v) is 14.4. The third-order valence-electron chi connectivity index (χ3n) is 6.90. The molecule has 0 aliphatic carbocycles. The molecule has 0 bridgehead atoms. The highest BCUT2D eigenvalue weighted by Gasteiger charge is 2.46. The van der Waals surface area contributed by atoms with Gasteiger partial charge in [0, 0.05) is 25.1 Å². The molecule has 8 nitrogen and oxygen atoms in total. The molecule has 4 N–H and O–H groups in total. The van der Waals surface area contributed by atoms with E-state index >= 15 is 0 Å². The molecular formula is C30H33BrN3O5PS. The lowest BCUT2D eigenvalue weighted by molar-refractivity contribution is -0.138. The van der Waals surface area contributed by atoms with Crippen molar-refractivity contribution < 1.29 is 41.3 Å². The first-order chi connectivity index (χ1) is 19.3. The monoisotopic (exact) mass is 657 g/mol. The van der Waals surface area contributed by atoms with Crippen LogP contribution in [0.3, 0.4) is 0 Å².